The molecule has 31 heavy (non-hydrogen) atoms. The van der Waals surface area contributed by atoms with Crippen molar-refractivity contribution in [1.82, 2.24) is 10.3 Å². The van der Waals surface area contributed by atoms with Crippen LogP contribution in [0, 0.1) is 0 Å². The minimum Gasteiger partial charge on any atom is -0.486 e. The topological polar surface area (TPSA) is 80.8 Å². The number of hydrogen-bond donors (Lipinski definition) is 1. The van der Waals surface area contributed by atoms with Crippen LogP contribution in [0.4, 0.5) is 5.69 Å². The Bertz CT molecular complexity index is 1070. The second kappa shape index (κ2) is 9.36. The van der Waals surface area contributed by atoms with Gasteiger partial charge in [0, 0.05) is 22.8 Å². The first kappa shape index (κ1) is 21.1. The molecular weight excluding hydrogens is 438 g/mol. The minimum absolute atomic E-state index is 0.279. The maximum atomic E-state index is 13.4. The van der Waals surface area contributed by atoms with E-state index < -0.39 is 6.04 Å². The summed E-state index contributed by atoms with van der Waals surface area (Å²) in [7, 11) is 0. The molecule has 2 aromatic heterocycles. The number of anilines is 1. The molecule has 0 saturated carbocycles. The van der Waals surface area contributed by atoms with Crippen molar-refractivity contribution >= 4 is 40.4 Å². The van der Waals surface area contributed by atoms with Gasteiger partial charge in [-0.15, -0.1) is 11.3 Å². The van der Waals surface area contributed by atoms with Gasteiger partial charge >= 0.3 is 0 Å². The zero-order valence-corrected chi connectivity index (χ0v) is 18.3. The van der Waals surface area contributed by atoms with Crippen molar-refractivity contribution < 1.29 is 19.1 Å². The van der Waals surface area contributed by atoms with Crippen LogP contribution < -0.4 is 19.7 Å². The van der Waals surface area contributed by atoms with Gasteiger partial charge in [0.25, 0.3) is 5.91 Å². The van der Waals surface area contributed by atoms with Crippen LogP contribution >= 0.6 is 22.9 Å². The van der Waals surface area contributed by atoms with Crippen molar-refractivity contribution in [3.63, 3.8) is 0 Å². The Kier molecular flexibility index (Phi) is 6.39. The van der Waals surface area contributed by atoms with Crippen LogP contribution in [0.5, 0.6) is 11.5 Å². The molecule has 1 N–H and O–H groups in total. The molecular formula is C22H20ClN3O4S. The Labute approximate surface area is 188 Å². The summed E-state index contributed by atoms with van der Waals surface area (Å²) in [6, 6.07) is 11.4. The molecule has 1 unspecified atom stereocenters. The van der Waals surface area contributed by atoms with E-state index in [4.69, 9.17) is 21.1 Å². The predicted octanol–water partition coefficient (Wildman–Crippen LogP) is 3.92. The van der Waals surface area contributed by atoms with Crippen molar-refractivity contribution in [3.8, 4) is 11.5 Å². The number of fused-ring (bicyclic) bond motifs is 1. The molecule has 4 rings (SSSR count). The quantitative estimate of drug-likeness (QED) is 0.567. The van der Waals surface area contributed by atoms with Gasteiger partial charge in [-0.25, -0.2) is 4.98 Å². The van der Waals surface area contributed by atoms with Gasteiger partial charge in [-0.3, -0.25) is 14.5 Å². The maximum Gasteiger partial charge on any atom is 0.260 e. The molecule has 3 aromatic rings. The second-order valence-corrected chi connectivity index (χ2v) is 8.27. The summed E-state index contributed by atoms with van der Waals surface area (Å²) in [6.45, 7) is 2.96. The van der Waals surface area contributed by atoms with Crippen LogP contribution in [0.25, 0.3) is 0 Å². The number of ether oxygens (including phenoxy) is 2. The van der Waals surface area contributed by atoms with Crippen LogP contribution in [0.3, 0.4) is 0 Å². The third kappa shape index (κ3) is 4.81. The van der Waals surface area contributed by atoms with E-state index in [1.165, 1.54) is 17.2 Å². The molecule has 0 bridgehead atoms. The van der Waals surface area contributed by atoms with Crippen molar-refractivity contribution in [3.05, 3.63) is 69.6 Å². The first-order chi connectivity index (χ1) is 15.0. The van der Waals surface area contributed by atoms with E-state index in [0.717, 1.165) is 4.88 Å². The number of aromatic nitrogens is 1. The summed E-state index contributed by atoms with van der Waals surface area (Å²) >= 11 is 7.42. The Hall–Kier alpha value is -3.10. The lowest BCUT2D eigenvalue weighted by Gasteiger charge is -2.30. The smallest absolute Gasteiger partial charge is 0.260 e. The van der Waals surface area contributed by atoms with Crippen LogP contribution in [-0.2, 0) is 11.3 Å². The molecule has 1 aliphatic heterocycles. The lowest BCUT2D eigenvalue weighted by molar-refractivity contribution is -0.122. The van der Waals surface area contributed by atoms with Gasteiger partial charge in [0.1, 0.15) is 24.4 Å². The van der Waals surface area contributed by atoms with E-state index in [2.05, 4.69) is 10.3 Å². The fraction of sp³-hybridized carbons (Fsp3) is 0.227. The Balaban J connectivity index is 1.63. The molecule has 7 nitrogen and oxygen atoms in total. The van der Waals surface area contributed by atoms with Gasteiger partial charge in [0.2, 0.25) is 5.91 Å². The number of benzene rings is 1. The average molecular weight is 458 g/mol. The maximum absolute atomic E-state index is 13.4. The number of nitrogens with one attached hydrogen (secondary N) is 1. The van der Waals surface area contributed by atoms with Crippen molar-refractivity contribution in [2.24, 2.45) is 0 Å². The summed E-state index contributed by atoms with van der Waals surface area (Å²) < 4.78 is 11.2. The lowest BCUT2D eigenvalue weighted by atomic mass is 10.1. The molecule has 0 saturated heterocycles. The Morgan fingerprint density at radius 1 is 1.19 bits per heavy atom. The van der Waals surface area contributed by atoms with E-state index in [1.807, 2.05) is 17.5 Å². The van der Waals surface area contributed by atoms with E-state index in [0.29, 0.717) is 42.5 Å². The first-order valence-electron chi connectivity index (χ1n) is 9.68. The van der Waals surface area contributed by atoms with Crippen molar-refractivity contribution in [1.29, 1.82) is 0 Å². The number of pyridine rings is 1. The highest BCUT2D eigenvalue weighted by Gasteiger charge is 2.29. The number of hydrogen-bond acceptors (Lipinski definition) is 6. The number of rotatable bonds is 6. The van der Waals surface area contributed by atoms with Gasteiger partial charge in [0.15, 0.2) is 11.5 Å². The van der Waals surface area contributed by atoms with Crippen LogP contribution in [0.15, 0.2) is 54.0 Å². The van der Waals surface area contributed by atoms with Crippen molar-refractivity contribution in [2.75, 3.05) is 18.1 Å². The molecule has 9 heteroatoms. The van der Waals surface area contributed by atoms with E-state index >= 15 is 0 Å². The summed E-state index contributed by atoms with van der Waals surface area (Å²) in [5.74, 6) is 0.477. The third-order valence-corrected chi connectivity index (χ3v) is 5.88. The van der Waals surface area contributed by atoms with Crippen molar-refractivity contribution in [2.45, 2.75) is 19.5 Å². The average Bonchev–Trinajstić information content (AvgIpc) is 3.31. The molecule has 3 heterocycles. The number of carbonyl (C=O) groups is 2. The van der Waals surface area contributed by atoms with Crippen LogP contribution in [0.1, 0.15) is 22.2 Å². The van der Waals surface area contributed by atoms with E-state index in [1.54, 1.807) is 42.5 Å². The number of nitrogens with zero attached hydrogens (tertiary/aromatic N) is 2. The predicted molar refractivity (Wildman–Crippen MR) is 119 cm³/mol. The molecule has 0 aliphatic carbocycles. The standard InChI is InChI=1S/C22H20ClN3O4S/c1-14(21(27)25-13-17-3-2-10-31-17)26(22(28)15-4-7-20(23)24-12-15)16-5-6-18-19(11-16)30-9-8-29-18/h2-7,10-12,14H,8-9,13H2,1H3,(H,25,27). The minimum atomic E-state index is -0.786. The lowest BCUT2D eigenvalue weighted by Crippen LogP contribution is -2.48. The number of thiophene rings is 1. The molecule has 1 atom stereocenters. The van der Waals surface area contributed by atoms with Gasteiger partial charge in [0.05, 0.1) is 12.1 Å². The molecule has 0 fully saturated rings. The van der Waals surface area contributed by atoms with Crippen LogP contribution in [-0.4, -0.2) is 36.1 Å². The summed E-state index contributed by atoms with van der Waals surface area (Å²) in [5, 5.41) is 5.13. The SMILES string of the molecule is CC(C(=O)NCc1cccs1)N(C(=O)c1ccc(Cl)nc1)c1ccc2c(c1)OCCO2. The van der Waals surface area contributed by atoms with E-state index in [9.17, 15) is 9.59 Å². The molecule has 0 spiro atoms. The molecule has 1 aromatic carbocycles. The molecule has 0 radical (unpaired) electrons. The van der Waals surface area contributed by atoms with Gasteiger partial charge in [-0.2, -0.15) is 0 Å². The number of carbonyl (C=O) groups excluding carboxylic acids is 2. The van der Waals surface area contributed by atoms with E-state index in [-0.39, 0.29) is 17.0 Å². The van der Waals surface area contributed by atoms with Gasteiger partial charge in [-0.1, -0.05) is 17.7 Å². The zero-order valence-electron chi connectivity index (χ0n) is 16.7. The highest BCUT2D eigenvalue weighted by Crippen LogP contribution is 2.35. The zero-order chi connectivity index (χ0) is 21.8. The first-order valence-corrected chi connectivity index (χ1v) is 10.9. The molecule has 160 valence electrons. The third-order valence-electron chi connectivity index (χ3n) is 4.78. The van der Waals surface area contributed by atoms with Gasteiger partial charge in [-0.05, 0) is 42.6 Å². The number of halogens is 1. The normalized spacial score (nSPS) is 13.4. The fourth-order valence-corrected chi connectivity index (χ4v) is 3.95. The summed E-state index contributed by atoms with van der Waals surface area (Å²) in [4.78, 5) is 32.8. The molecule has 1 aliphatic rings. The summed E-state index contributed by atoms with van der Waals surface area (Å²) in [5.41, 5.74) is 0.833. The highest BCUT2D eigenvalue weighted by molar-refractivity contribution is 7.09. The number of amides is 2. The summed E-state index contributed by atoms with van der Waals surface area (Å²) in [6.07, 6.45) is 1.39. The Morgan fingerprint density at radius 2 is 2.00 bits per heavy atom. The van der Waals surface area contributed by atoms with Gasteiger partial charge < -0.3 is 14.8 Å². The molecule has 2 amide bonds. The second-order valence-electron chi connectivity index (χ2n) is 6.85. The highest BCUT2D eigenvalue weighted by atomic mass is 35.5. The fourth-order valence-electron chi connectivity index (χ4n) is 3.19. The monoisotopic (exact) mass is 457 g/mol. The van der Waals surface area contributed by atoms with Crippen LogP contribution in [0.2, 0.25) is 5.15 Å². The Morgan fingerprint density at radius 3 is 2.71 bits per heavy atom. The largest absolute Gasteiger partial charge is 0.486 e.